The monoisotopic (exact) mass is 374 g/mol. The Labute approximate surface area is 142 Å². The zero-order chi connectivity index (χ0) is 17.0. The third-order valence-corrected chi connectivity index (χ3v) is 3.93. The lowest BCUT2D eigenvalue weighted by Gasteiger charge is -2.11. The van der Waals surface area contributed by atoms with E-state index in [1.165, 1.54) is 12.1 Å². The summed E-state index contributed by atoms with van der Waals surface area (Å²) < 4.78 is 0.408. The summed E-state index contributed by atoms with van der Waals surface area (Å²) in [6.07, 6.45) is 2.99. The minimum Gasteiger partial charge on any atom is -0.378 e. The molecule has 0 N–H and O–H groups in total. The van der Waals surface area contributed by atoms with Gasteiger partial charge in [0, 0.05) is 31.4 Å². The molecule has 0 unspecified atom stereocenters. The van der Waals surface area contributed by atoms with Crippen molar-refractivity contribution in [1.82, 2.24) is 0 Å². The predicted molar refractivity (Wildman–Crippen MR) is 94.9 cm³/mol. The maximum atomic E-state index is 12.1. The Morgan fingerprint density at radius 1 is 1.17 bits per heavy atom. The van der Waals surface area contributed by atoms with Crippen molar-refractivity contribution in [2.75, 3.05) is 19.0 Å². The Balaban J connectivity index is 2.18. The van der Waals surface area contributed by atoms with Crippen LogP contribution in [0.1, 0.15) is 15.9 Å². The first kappa shape index (κ1) is 16.9. The van der Waals surface area contributed by atoms with Gasteiger partial charge in [0.25, 0.3) is 5.69 Å². The predicted octanol–water partition coefficient (Wildman–Crippen LogP) is 4.32. The molecule has 0 saturated heterocycles. The number of nitro groups is 1. The molecule has 0 heterocycles. The first-order valence-electron chi connectivity index (χ1n) is 6.82. The molecule has 2 rings (SSSR count). The van der Waals surface area contributed by atoms with Crippen molar-refractivity contribution < 1.29 is 9.72 Å². The zero-order valence-electron chi connectivity index (χ0n) is 12.7. The molecule has 2 aromatic carbocycles. The van der Waals surface area contributed by atoms with E-state index in [0.29, 0.717) is 15.6 Å². The summed E-state index contributed by atoms with van der Waals surface area (Å²) in [6.45, 7) is 0. The SMILES string of the molecule is CN(C)c1ccc(C(=O)/C=C/c2ccc(Br)c([N+](=O)[O-])c2)cc1. The highest BCUT2D eigenvalue weighted by atomic mass is 79.9. The van der Waals surface area contributed by atoms with Crippen LogP contribution < -0.4 is 4.90 Å². The molecule has 118 valence electrons. The van der Waals surface area contributed by atoms with E-state index < -0.39 is 4.92 Å². The Morgan fingerprint density at radius 2 is 1.83 bits per heavy atom. The highest BCUT2D eigenvalue weighted by Crippen LogP contribution is 2.26. The van der Waals surface area contributed by atoms with Crippen LogP contribution in [0, 0.1) is 10.1 Å². The number of benzene rings is 2. The van der Waals surface area contributed by atoms with Crippen LogP contribution in [0.15, 0.2) is 53.0 Å². The Kier molecular flexibility index (Phi) is 5.28. The van der Waals surface area contributed by atoms with Gasteiger partial charge in [-0.25, -0.2) is 0 Å². The van der Waals surface area contributed by atoms with Crippen molar-refractivity contribution in [1.29, 1.82) is 0 Å². The molecule has 5 nitrogen and oxygen atoms in total. The summed E-state index contributed by atoms with van der Waals surface area (Å²) in [5.74, 6) is -0.152. The third-order valence-electron chi connectivity index (χ3n) is 3.26. The van der Waals surface area contributed by atoms with E-state index in [2.05, 4.69) is 15.9 Å². The van der Waals surface area contributed by atoms with Crippen LogP contribution in [-0.4, -0.2) is 24.8 Å². The standard InChI is InChI=1S/C17H15BrN2O3/c1-19(2)14-7-5-13(6-8-14)17(21)10-4-12-3-9-15(18)16(11-12)20(22)23/h3-11H,1-2H3/b10-4+. The van der Waals surface area contributed by atoms with Gasteiger partial charge in [0.1, 0.15) is 0 Å². The summed E-state index contributed by atoms with van der Waals surface area (Å²) in [7, 11) is 3.86. The zero-order valence-corrected chi connectivity index (χ0v) is 14.3. The molecule has 0 amide bonds. The average Bonchev–Trinajstić information content (AvgIpc) is 2.53. The molecule has 0 aliphatic rings. The first-order chi connectivity index (χ1) is 10.9. The van der Waals surface area contributed by atoms with Crippen molar-refractivity contribution in [3.63, 3.8) is 0 Å². The van der Waals surface area contributed by atoms with Crippen molar-refractivity contribution in [2.24, 2.45) is 0 Å². The normalized spacial score (nSPS) is 10.7. The van der Waals surface area contributed by atoms with Gasteiger partial charge in [-0.1, -0.05) is 12.1 Å². The number of nitro benzene ring substituents is 1. The van der Waals surface area contributed by atoms with Crippen LogP contribution in [0.2, 0.25) is 0 Å². The van der Waals surface area contributed by atoms with Crippen LogP contribution in [0.3, 0.4) is 0 Å². The number of rotatable bonds is 5. The fraction of sp³-hybridized carbons (Fsp3) is 0.118. The first-order valence-corrected chi connectivity index (χ1v) is 7.61. The number of hydrogen-bond donors (Lipinski definition) is 0. The number of hydrogen-bond acceptors (Lipinski definition) is 4. The van der Waals surface area contributed by atoms with Crippen LogP contribution in [0.4, 0.5) is 11.4 Å². The minimum atomic E-state index is -0.469. The van der Waals surface area contributed by atoms with E-state index in [1.807, 2.05) is 31.1 Å². The van der Waals surface area contributed by atoms with E-state index in [0.717, 1.165) is 5.69 Å². The molecule has 0 radical (unpaired) electrons. The quantitative estimate of drug-likeness (QED) is 0.338. The molecule has 0 aliphatic heterocycles. The van der Waals surface area contributed by atoms with Gasteiger partial charge in [0.05, 0.1) is 9.40 Å². The van der Waals surface area contributed by atoms with Crippen molar-refractivity contribution in [3.05, 3.63) is 74.3 Å². The lowest BCUT2D eigenvalue weighted by Crippen LogP contribution is -2.08. The average molecular weight is 375 g/mol. The molecular weight excluding hydrogens is 360 g/mol. The Morgan fingerprint density at radius 3 is 2.39 bits per heavy atom. The number of carbonyl (C=O) groups excluding carboxylic acids is 1. The minimum absolute atomic E-state index is 0.0325. The molecule has 23 heavy (non-hydrogen) atoms. The summed E-state index contributed by atoms with van der Waals surface area (Å²) in [4.78, 5) is 24.5. The number of carbonyl (C=O) groups is 1. The fourth-order valence-electron chi connectivity index (χ4n) is 1.97. The molecule has 0 bridgehead atoms. The second-order valence-corrected chi connectivity index (χ2v) is 5.96. The third kappa shape index (κ3) is 4.26. The molecule has 0 atom stereocenters. The number of ketones is 1. The molecule has 0 saturated carbocycles. The summed E-state index contributed by atoms with van der Waals surface area (Å²) >= 11 is 3.13. The second-order valence-electron chi connectivity index (χ2n) is 5.11. The van der Waals surface area contributed by atoms with Crippen LogP contribution in [0.5, 0.6) is 0 Å². The van der Waals surface area contributed by atoms with Crippen molar-refractivity contribution in [2.45, 2.75) is 0 Å². The topological polar surface area (TPSA) is 63.5 Å². The van der Waals surface area contributed by atoms with Crippen LogP contribution in [0.25, 0.3) is 6.08 Å². The van der Waals surface area contributed by atoms with Crippen molar-refractivity contribution >= 4 is 39.2 Å². The number of halogens is 1. The smallest absolute Gasteiger partial charge is 0.284 e. The fourth-order valence-corrected chi connectivity index (χ4v) is 2.36. The molecule has 0 aromatic heterocycles. The lowest BCUT2D eigenvalue weighted by atomic mass is 10.1. The molecule has 2 aromatic rings. The lowest BCUT2D eigenvalue weighted by molar-refractivity contribution is -0.385. The van der Waals surface area contributed by atoms with Gasteiger partial charge in [-0.15, -0.1) is 0 Å². The van der Waals surface area contributed by atoms with Gasteiger partial charge in [0.15, 0.2) is 5.78 Å². The summed E-state index contributed by atoms with van der Waals surface area (Å²) in [6, 6.07) is 12.0. The second kappa shape index (κ2) is 7.19. The molecule has 0 aliphatic carbocycles. The molecule has 0 spiro atoms. The largest absolute Gasteiger partial charge is 0.378 e. The summed E-state index contributed by atoms with van der Waals surface area (Å²) in [5.41, 5.74) is 2.14. The highest BCUT2D eigenvalue weighted by Gasteiger charge is 2.11. The van der Waals surface area contributed by atoms with E-state index in [-0.39, 0.29) is 11.5 Å². The van der Waals surface area contributed by atoms with E-state index in [4.69, 9.17) is 0 Å². The molecular formula is C17H15BrN2O3. The summed E-state index contributed by atoms with van der Waals surface area (Å²) in [5, 5.41) is 10.9. The van der Waals surface area contributed by atoms with E-state index in [9.17, 15) is 14.9 Å². The van der Waals surface area contributed by atoms with Gasteiger partial charge < -0.3 is 4.90 Å². The van der Waals surface area contributed by atoms with E-state index in [1.54, 1.807) is 30.3 Å². The van der Waals surface area contributed by atoms with Gasteiger partial charge in [-0.3, -0.25) is 14.9 Å². The van der Waals surface area contributed by atoms with Gasteiger partial charge in [0.2, 0.25) is 0 Å². The number of anilines is 1. The Bertz CT molecular complexity index is 768. The number of allylic oxidation sites excluding steroid dienone is 1. The van der Waals surface area contributed by atoms with E-state index >= 15 is 0 Å². The molecule has 6 heteroatoms. The van der Waals surface area contributed by atoms with Crippen LogP contribution in [-0.2, 0) is 0 Å². The number of nitrogens with zero attached hydrogens (tertiary/aromatic N) is 2. The molecule has 0 fully saturated rings. The highest BCUT2D eigenvalue weighted by molar-refractivity contribution is 9.10. The maximum absolute atomic E-state index is 12.1. The maximum Gasteiger partial charge on any atom is 0.284 e. The van der Waals surface area contributed by atoms with Gasteiger partial charge in [-0.2, -0.15) is 0 Å². The van der Waals surface area contributed by atoms with Crippen molar-refractivity contribution in [3.8, 4) is 0 Å². The van der Waals surface area contributed by atoms with Gasteiger partial charge >= 0.3 is 0 Å². The van der Waals surface area contributed by atoms with Gasteiger partial charge in [-0.05, 0) is 57.9 Å². The van der Waals surface area contributed by atoms with Crippen LogP contribution >= 0.6 is 15.9 Å². The Hall–Kier alpha value is -2.47.